The Morgan fingerprint density at radius 3 is 2.71 bits per heavy atom. The first kappa shape index (κ1) is 16.3. The topological polar surface area (TPSA) is 34.1 Å². The van der Waals surface area contributed by atoms with Crippen LogP contribution in [-0.4, -0.2) is 10.5 Å². The van der Waals surface area contributed by atoms with Crippen molar-refractivity contribution in [3.63, 3.8) is 0 Å². The van der Waals surface area contributed by atoms with Crippen molar-refractivity contribution in [3.05, 3.63) is 44.9 Å². The molecule has 0 amide bonds. The first-order chi connectivity index (χ1) is 9.85. The third kappa shape index (κ3) is 4.99. The molecule has 2 aromatic rings. The summed E-state index contributed by atoms with van der Waals surface area (Å²) in [6, 6.07) is 5.76. The Labute approximate surface area is 135 Å². The van der Waals surface area contributed by atoms with Gasteiger partial charge in [-0.25, -0.2) is 4.98 Å². The van der Waals surface area contributed by atoms with Crippen molar-refractivity contribution in [2.75, 3.05) is 0 Å². The molecule has 0 aliphatic carbocycles. The van der Waals surface area contributed by atoms with E-state index in [4.69, 9.17) is 16.3 Å². The maximum atomic E-state index is 6.31. The molecule has 0 atom stereocenters. The van der Waals surface area contributed by atoms with Gasteiger partial charge in [0.2, 0.25) is 0 Å². The van der Waals surface area contributed by atoms with E-state index >= 15 is 0 Å². The van der Waals surface area contributed by atoms with E-state index < -0.39 is 0 Å². The van der Waals surface area contributed by atoms with Gasteiger partial charge in [-0.2, -0.15) is 0 Å². The van der Waals surface area contributed by atoms with Crippen LogP contribution in [0.4, 0.5) is 0 Å². The predicted molar refractivity (Wildman–Crippen MR) is 89.2 cm³/mol. The average molecular weight is 325 g/mol. The summed E-state index contributed by atoms with van der Waals surface area (Å²) >= 11 is 7.96. The molecule has 5 heteroatoms. The van der Waals surface area contributed by atoms with E-state index in [9.17, 15) is 0 Å². The lowest BCUT2D eigenvalue weighted by Crippen LogP contribution is -2.35. The quantitative estimate of drug-likeness (QED) is 0.874. The molecule has 0 radical (unpaired) electrons. The van der Waals surface area contributed by atoms with E-state index in [1.54, 1.807) is 11.3 Å². The van der Waals surface area contributed by atoms with Gasteiger partial charge in [0.15, 0.2) is 0 Å². The highest BCUT2D eigenvalue weighted by Crippen LogP contribution is 2.28. The van der Waals surface area contributed by atoms with E-state index in [1.807, 2.05) is 31.3 Å². The fourth-order valence-corrected chi connectivity index (χ4v) is 2.76. The Hall–Kier alpha value is -1.10. The van der Waals surface area contributed by atoms with Gasteiger partial charge in [0.25, 0.3) is 0 Å². The molecule has 21 heavy (non-hydrogen) atoms. The number of aryl methyl sites for hydroxylation is 1. The summed E-state index contributed by atoms with van der Waals surface area (Å²) in [5, 5.41) is 5.22. The number of rotatable bonds is 5. The van der Waals surface area contributed by atoms with Gasteiger partial charge in [-0.3, -0.25) is 0 Å². The van der Waals surface area contributed by atoms with Crippen molar-refractivity contribution >= 4 is 22.9 Å². The molecule has 0 fully saturated rings. The van der Waals surface area contributed by atoms with Crippen molar-refractivity contribution in [2.24, 2.45) is 0 Å². The number of benzene rings is 1. The molecule has 0 spiro atoms. The van der Waals surface area contributed by atoms with Crippen LogP contribution >= 0.6 is 22.9 Å². The summed E-state index contributed by atoms with van der Waals surface area (Å²) in [6.07, 6.45) is 1.86. The largest absolute Gasteiger partial charge is 0.488 e. The molecule has 0 bridgehead atoms. The Morgan fingerprint density at radius 1 is 1.33 bits per heavy atom. The number of hydrogen-bond acceptors (Lipinski definition) is 4. The van der Waals surface area contributed by atoms with Gasteiger partial charge in [0.05, 0.1) is 9.88 Å². The highest BCUT2D eigenvalue weighted by molar-refractivity contribution is 7.11. The van der Waals surface area contributed by atoms with E-state index in [2.05, 4.69) is 31.1 Å². The van der Waals surface area contributed by atoms with Gasteiger partial charge >= 0.3 is 0 Å². The van der Waals surface area contributed by atoms with E-state index in [-0.39, 0.29) is 5.54 Å². The van der Waals surface area contributed by atoms with Crippen LogP contribution in [0.15, 0.2) is 24.4 Å². The van der Waals surface area contributed by atoms with Gasteiger partial charge in [-0.1, -0.05) is 17.7 Å². The first-order valence-electron chi connectivity index (χ1n) is 6.92. The number of nitrogens with one attached hydrogen (secondary N) is 1. The van der Waals surface area contributed by atoms with Crippen LogP contribution in [0, 0.1) is 6.92 Å². The normalized spacial score (nSPS) is 11.7. The number of aromatic nitrogens is 1. The SMILES string of the molecule is Cc1ncc(COc2cccc(Cl)c2CNC(C)(C)C)s1. The predicted octanol–water partition coefficient (Wildman–Crippen LogP) is 4.57. The molecule has 114 valence electrons. The van der Waals surface area contributed by atoms with E-state index in [1.165, 1.54) is 0 Å². The minimum atomic E-state index is 0.0330. The summed E-state index contributed by atoms with van der Waals surface area (Å²) in [6.45, 7) is 9.58. The van der Waals surface area contributed by atoms with Gasteiger partial charge in [-0.05, 0) is 39.8 Å². The number of nitrogens with zero attached hydrogens (tertiary/aromatic N) is 1. The maximum Gasteiger partial charge on any atom is 0.125 e. The number of hydrogen-bond donors (Lipinski definition) is 1. The molecule has 1 aromatic carbocycles. The molecule has 1 heterocycles. The molecule has 1 N–H and O–H groups in total. The lowest BCUT2D eigenvalue weighted by molar-refractivity contribution is 0.303. The minimum Gasteiger partial charge on any atom is -0.488 e. The zero-order valence-corrected chi connectivity index (χ0v) is 14.4. The maximum absolute atomic E-state index is 6.31. The van der Waals surface area contributed by atoms with Crippen molar-refractivity contribution in [1.82, 2.24) is 10.3 Å². The fourth-order valence-electron chi connectivity index (χ4n) is 1.82. The number of thiazole rings is 1. The van der Waals surface area contributed by atoms with Crippen molar-refractivity contribution in [3.8, 4) is 5.75 Å². The minimum absolute atomic E-state index is 0.0330. The van der Waals surface area contributed by atoms with Crippen LogP contribution in [0.2, 0.25) is 5.02 Å². The van der Waals surface area contributed by atoms with Crippen LogP contribution in [0.25, 0.3) is 0 Å². The highest BCUT2D eigenvalue weighted by Gasteiger charge is 2.14. The molecule has 1 aromatic heterocycles. The van der Waals surface area contributed by atoms with Crippen LogP contribution in [0.1, 0.15) is 36.2 Å². The third-order valence-electron chi connectivity index (χ3n) is 2.91. The van der Waals surface area contributed by atoms with Crippen LogP contribution in [0.3, 0.4) is 0 Å². The molecule has 0 saturated carbocycles. The summed E-state index contributed by atoms with van der Waals surface area (Å²) in [4.78, 5) is 5.35. The Bertz CT molecular complexity index is 605. The fraction of sp³-hybridized carbons (Fsp3) is 0.438. The van der Waals surface area contributed by atoms with Crippen molar-refractivity contribution in [2.45, 2.75) is 46.4 Å². The lowest BCUT2D eigenvalue weighted by atomic mass is 10.1. The molecule has 0 unspecified atom stereocenters. The Kier molecular flexibility index (Phi) is 5.25. The molecule has 0 aliphatic heterocycles. The van der Waals surface area contributed by atoms with Crippen LogP contribution in [-0.2, 0) is 13.2 Å². The smallest absolute Gasteiger partial charge is 0.125 e. The molecular weight excluding hydrogens is 304 g/mol. The Morgan fingerprint density at radius 2 is 2.10 bits per heavy atom. The zero-order chi connectivity index (χ0) is 15.5. The van der Waals surface area contributed by atoms with Crippen LogP contribution in [0.5, 0.6) is 5.75 Å². The second-order valence-corrected chi connectivity index (χ2v) is 7.68. The van der Waals surface area contributed by atoms with Gasteiger partial charge in [-0.15, -0.1) is 11.3 Å². The summed E-state index contributed by atoms with van der Waals surface area (Å²) in [5.74, 6) is 0.824. The standard InChI is InChI=1S/C16H21ClN2OS/c1-11-18-8-12(21-11)10-20-15-7-5-6-14(17)13(15)9-19-16(2,3)4/h5-8,19H,9-10H2,1-4H3. The molecule has 2 rings (SSSR count). The zero-order valence-electron chi connectivity index (χ0n) is 12.9. The third-order valence-corrected chi connectivity index (χ3v) is 4.15. The molecule has 0 aliphatic rings. The van der Waals surface area contributed by atoms with Crippen LogP contribution < -0.4 is 10.1 Å². The number of ether oxygens (including phenoxy) is 1. The molecule has 0 saturated heterocycles. The monoisotopic (exact) mass is 324 g/mol. The van der Waals surface area contributed by atoms with Gasteiger partial charge < -0.3 is 10.1 Å². The van der Waals surface area contributed by atoms with Gasteiger partial charge in [0.1, 0.15) is 12.4 Å². The Balaban J connectivity index is 2.09. The second kappa shape index (κ2) is 6.77. The van der Waals surface area contributed by atoms with Gasteiger partial charge in [0, 0.05) is 28.9 Å². The molecular formula is C16H21ClN2OS. The lowest BCUT2D eigenvalue weighted by Gasteiger charge is -2.22. The van der Waals surface area contributed by atoms with Crippen molar-refractivity contribution in [1.29, 1.82) is 0 Å². The average Bonchev–Trinajstić information content (AvgIpc) is 2.80. The summed E-state index contributed by atoms with van der Waals surface area (Å²) in [7, 11) is 0. The summed E-state index contributed by atoms with van der Waals surface area (Å²) in [5.41, 5.74) is 1.03. The van der Waals surface area contributed by atoms with E-state index in [0.717, 1.165) is 26.2 Å². The highest BCUT2D eigenvalue weighted by atomic mass is 35.5. The van der Waals surface area contributed by atoms with Crippen molar-refractivity contribution < 1.29 is 4.74 Å². The second-order valence-electron chi connectivity index (χ2n) is 5.95. The number of halogens is 1. The first-order valence-corrected chi connectivity index (χ1v) is 8.11. The summed E-state index contributed by atoms with van der Waals surface area (Å²) < 4.78 is 5.93. The van der Waals surface area contributed by atoms with E-state index in [0.29, 0.717) is 13.2 Å². The molecule has 3 nitrogen and oxygen atoms in total.